The Morgan fingerprint density at radius 3 is 2.59 bits per heavy atom. The van der Waals surface area contributed by atoms with Gasteiger partial charge in [-0.3, -0.25) is 9.59 Å². The summed E-state index contributed by atoms with van der Waals surface area (Å²) in [4.78, 5) is 27.1. The number of hydrogen-bond acceptors (Lipinski definition) is 6. The summed E-state index contributed by atoms with van der Waals surface area (Å²) >= 11 is 0. The summed E-state index contributed by atoms with van der Waals surface area (Å²) in [6.07, 6.45) is 0.449. The predicted molar refractivity (Wildman–Crippen MR) is 142 cm³/mol. The van der Waals surface area contributed by atoms with E-state index in [2.05, 4.69) is 36.6 Å². The molecular weight excluding hydrogens is 470 g/mol. The highest BCUT2D eigenvalue weighted by molar-refractivity contribution is 5.98. The Kier molecular flexibility index (Phi) is 6.34. The third-order valence-electron chi connectivity index (χ3n) is 8.37. The number of methoxy groups -OCH3 is 1. The van der Waals surface area contributed by atoms with Crippen molar-refractivity contribution in [2.45, 2.75) is 45.6 Å². The zero-order valence-corrected chi connectivity index (χ0v) is 22.3. The molecule has 3 aliphatic rings. The molecule has 3 heterocycles. The van der Waals surface area contributed by atoms with Crippen LogP contribution in [-0.2, 0) is 16.6 Å². The van der Waals surface area contributed by atoms with Crippen LogP contribution in [0, 0.1) is 11.3 Å². The van der Waals surface area contributed by atoms with E-state index in [1.54, 1.807) is 21.0 Å². The first-order valence-corrected chi connectivity index (χ1v) is 13.0. The number of rotatable bonds is 5. The fourth-order valence-corrected chi connectivity index (χ4v) is 6.00. The van der Waals surface area contributed by atoms with E-state index < -0.39 is 11.4 Å². The lowest BCUT2D eigenvalue weighted by molar-refractivity contribution is -0.146. The van der Waals surface area contributed by atoms with Crippen LogP contribution in [0.15, 0.2) is 30.3 Å². The summed E-state index contributed by atoms with van der Waals surface area (Å²) in [5, 5.41) is 16.6. The smallest absolute Gasteiger partial charge is 0.309 e. The minimum Gasteiger partial charge on any atom is -0.496 e. The molecule has 2 aromatic rings. The van der Waals surface area contributed by atoms with Gasteiger partial charge >= 0.3 is 5.97 Å². The van der Waals surface area contributed by atoms with Crippen molar-refractivity contribution in [1.29, 1.82) is 0 Å². The Balaban J connectivity index is 1.54. The molecule has 3 aliphatic heterocycles. The number of benzene rings is 2. The molecule has 0 aliphatic carbocycles. The molecule has 0 spiro atoms. The second-order valence-corrected chi connectivity index (χ2v) is 11.6. The molecule has 5 rings (SSSR count). The molecule has 1 amide bonds. The van der Waals surface area contributed by atoms with Crippen molar-refractivity contribution in [2.75, 3.05) is 45.2 Å². The number of fused-ring (bicyclic) bond motifs is 4. The molecule has 0 bridgehead atoms. The normalized spacial score (nSPS) is 22.0. The highest BCUT2D eigenvalue weighted by Crippen LogP contribution is 2.55. The number of carboxylic acids is 1. The topological polar surface area (TPSA) is 100 Å². The van der Waals surface area contributed by atoms with E-state index in [4.69, 9.17) is 9.47 Å². The summed E-state index contributed by atoms with van der Waals surface area (Å²) in [7, 11) is 1.65. The molecule has 0 aromatic heterocycles. The van der Waals surface area contributed by atoms with Gasteiger partial charge in [-0.1, -0.05) is 26.0 Å². The van der Waals surface area contributed by atoms with Crippen LogP contribution in [0.4, 0.5) is 5.69 Å². The largest absolute Gasteiger partial charge is 0.496 e. The van der Waals surface area contributed by atoms with E-state index in [-0.39, 0.29) is 23.3 Å². The fraction of sp³-hybridized carbons (Fsp3) is 0.517. The fourth-order valence-electron chi connectivity index (χ4n) is 6.00. The number of carbonyl (C=O) groups is 2. The summed E-state index contributed by atoms with van der Waals surface area (Å²) in [6.45, 7) is 11.3. The van der Waals surface area contributed by atoms with E-state index >= 15 is 0 Å². The van der Waals surface area contributed by atoms with Crippen LogP contribution >= 0.6 is 0 Å². The summed E-state index contributed by atoms with van der Waals surface area (Å²) in [6, 6.07) is 9.80. The molecule has 0 saturated carbocycles. The van der Waals surface area contributed by atoms with Gasteiger partial charge in [-0.05, 0) is 49.6 Å². The van der Waals surface area contributed by atoms with Crippen molar-refractivity contribution in [3.05, 3.63) is 52.6 Å². The van der Waals surface area contributed by atoms with Gasteiger partial charge < -0.3 is 30.1 Å². The van der Waals surface area contributed by atoms with Crippen LogP contribution in [0.2, 0.25) is 0 Å². The predicted octanol–water partition coefficient (Wildman–Crippen LogP) is 3.85. The van der Waals surface area contributed by atoms with Crippen molar-refractivity contribution in [3.63, 3.8) is 0 Å². The number of nitrogens with zero attached hydrogens (tertiary/aromatic N) is 1. The average molecular weight is 508 g/mol. The summed E-state index contributed by atoms with van der Waals surface area (Å²) in [5.41, 5.74) is 3.50. The first kappa shape index (κ1) is 25.4. The number of carbonyl (C=O) groups excluding carboxylic acids is 1. The first-order chi connectivity index (χ1) is 17.5. The SMILES string of the molecule is COc1ccc(C(=O)N2CCNCC2)c2c1[C@H]1Nc3ccc(CC(C)(C)C(=O)O)cc3C(C)(C)[C@H]1CO2. The molecule has 3 N–H and O–H groups in total. The number of hydrogen-bond donors (Lipinski definition) is 3. The first-order valence-electron chi connectivity index (χ1n) is 13.0. The van der Waals surface area contributed by atoms with Crippen molar-refractivity contribution >= 4 is 17.6 Å². The van der Waals surface area contributed by atoms with Gasteiger partial charge in [0.15, 0.2) is 0 Å². The second kappa shape index (κ2) is 9.24. The van der Waals surface area contributed by atoms with Gasteiger partial charge in [-0.15, -0.1) is 0 Å². The Hall–Kier alpha value is -3.26. The molecule has 8 nitrogen and oxygen atoms in total. The minimum atomic E-state index is -0.851. The zero-order chi connectivity index (χ0) is 26.5. The van der Waals surface area contributed by atoms with Crippen molar-refractivity contribution < 1.29 is 24.2 Å². The number of amides is 1. The van der Waals surface area contributed by atoms with E-state index in [1.165, 1.54) is 0 Å². The number of piperazine rings is 1. The van der Waals surface area contributed by atoms with Crippen LogP contribution in [0.3, 0.4) is 0 Å². The van der Waals surface area contributed by atoms with Crippen LogP contribution < -0.4 is 20.1 Å². The number of anilines is 1. The molecule has 1 fully saturated rings. The highest BCUT2D eigenvalue weighted by atomic mass is 16.5. The average Bonchev–Trinajstić information content (AvgIpc) is 2.88. The van der Waals surface area contributed by atoms with Crippen molar-refractivity contribution in [3.8, 4) is 11.5 Å². The van der Waals surface area contributed by atoms with Crippen LogP contribution in [0.25, 0.3) is 0 Å². The number of carboxylic acid groups (broad SMARTS) is 1. The van der Waals surface area contributed by atoms with Crippen LogP contribution in [0.5, 0.6) is 11.5 Å². The van der Waals surface area contributed by atoms with Gasteiger partial charge in [0.2, 0.25) is 0 Å². The third kappa shape index (κ3) is 4.31. The molecule has 8 heteroatoms. The number of ether oxygens (including phenoxy) is 2. The van der Waals surface area contributed by atoms with Crippen molar-refractivity contribution in [2.24, 2.45) is 11.3 Å². The second-order valence-electron chi connectivity index (χ2n) is 11.6. The minimum absolute atomic E-state index is 0.0139. The van der Waals surface area contributed by atoms with Gasteiger partial charge in [0.25, 0.3) is 5.91 Å². The van der Waals surface area contributed by atoms with Gasteiger partial charge in [0.1, 0.15) is 11.5 Å². The quantitative estimate of drug-likeness (QED) is 0.565. The Morgan fingerprint density at radius 1 is 1.19 bits per heavy atom. The van der Waals surface area contributed by atoms with E-state index in [1.807, 2.05) is 23.1 Å². The van der Waals surface area contributed by atoms with E-state index in [0.717, 1.165) is 35.5 Å². The van der Waals surface area contributed by atoms with Crippen molar-refractivity contribution in [1.82, 2.24) is 10.2 Å². The lowest BCUT2D eigenvalue weighted by atomic mass is 9.64. The number of aliphatic carboxylic acids is 1. The maximum atomic E-state index is 13.5. The Morgan fingerprint density at radius 2 is 1.92 bits per heavy atom. The standard InChI is InChI=1S/C29H37N3O5/c1-28(2,27(34)35)15-17-6-8-21-19(14-17)29(3,4)20-16-37-25-18(26(33)32-12-10-30-11-13-32)7-9-22(36-5)23(25)24(20)31-21/h6-9,14,20,24,30-31H,10-13,15-16H2,1-5H3,(H,34,35)/t20-,24-/m0/s1. The molecular formula is C29H37N3O5. The molecule has 1 saturated heterocycles. The Bertz CT molecular complexity index is 1230. The lowest BCUT2D eigenvalue weighted by Crippen LogP contribution is -2.48. The van der Waals surface area contributed by atoms with E-state index in [0.29, 0.717) is 43.2 Å². The zero-order valence-electron chi connectivity index (χ0n) is 22.3. The monoisotopic (exact) mass is 507 g/mol. The van der Waals surface area contributed by atoms with Gasteiger partial charge in [0, 0.05) is 43.2 Å². The molecule has 0 unspecified atom stereocenters. The number of nitrogens with one attached hydrogen (secondary N) is 2. The van der Waals surface area contributed by atoms with Gasteiger partial charge in [-0.25, -0.2) is 0 Å². The third-order valence-corrected chi connectivity index (χ3v) is 8.37. The molecule has 2 atom stereocenters. The summed E-state index contributed by atoms with van der Waals surface area (Å²) in [5.74, 6) is 0.566. The maximum Gasteiger partial charge on any atom is 0.309 e. The summed E-state index contributed by atoms with van der Waals surface area (Å²) < 4.78 is 12.2. The lowest BCUT2D eigenvalue weighted by Gasteiger charge is -2.49. The van der Waals surface area contributed by atoms with Crippen LogP contribution in [0.1, 0.15) is 60.8 Å². The molecule has 198 valence electrons. The molecule has 37 heavy (non-hydrogen) atoms. The molecule has 2 aromatic carbocycles. The Labute approximate surface area is 218 Å². The van der Waals surface area contributed by atoms with Gasteiger partial charge in [0.05, 0.1) is 36.3 Å². The maximum absolute atomic E-state index is 13.5. The van der Waals surface area contributed by atoms with Crippen LogP contribution in [-0.4, -0.2) is 61.8 Å². The molecule has 0 radical (unpaired) electrons. The highest BCUT2D eigenvalue weighted by Gasteiger charge is 2.48. The van der Waals surface area contributed by atoms with E-state index in [9.17, 15) is 14.7 Å². The van der Waals surface area contributed by atoms with Gasteiger partial charge in [-0.2, -0.15) is 0 Å².